The van der Waals surface area contributed by atoms with Crippen LogP contribution >= 0.6 is 15.9 Å². The van der Waals surface area contributed by atoms with E-state index in [1.807, 2.05) is 50.2 Å². The Hall–Kier alpha value is -1.87. The number of carbonyl (C=O) groups is 1. The zero-order chi connectivity index (χ0) is 14.3. The summed E-state index contributed by atoms with van der Waals surface area (Å²) in [6, 6.07) is 13.4. The molecular formula is C17H13BrO2. The fraction of sp³-hybridized carbons (Fsp3) is 0.118. The van der Waals surface area contributed by atoms with Crippen molar-refractivity contribution in [1.29, 1.82) is 0 Å². The molecule has 2 aromatic carbocycles. The van der Waals surface area contributed by atoms with Gasteiger partial charge in [-0.1, -0.05) is 39.2 Å². The van der Waals surface area contributed by atoms with Crippen LogP contribution in [-0.2, 0) is 0 Å². The first-order valence-electron chi connectivity index (χ1n) is 6.35. The van der Waals surface area contributed by atoms with Crippen molar-refractivity contribution >= 4 is 32.7 Å². The summed E-state index contributed by atoms with van der Waals surface area (Å²) in [5, 5.41) is 0.956. The summed E-state index contributed by atoms with van der Waals surface area (Å²) in [5.74, 6) is 0.270. The fourth-order valence-corrected chi connectivity index (χ4v) is 2.65. The second-order valence-corrected chi connectivity index (χ2v) is 5.82. The van der Waals surface area contributed by atoms with E-state index in [0.717, 1.165) is 26.6 Å². The quantitative estimate of drug-likeness (QED) is 0.616. The molecule has 0 aliphatic rings. The topological polar surface area (TPSA) is 30.2 Å². The number of furan rings is 1. The predicted octanol–water partition coefficient (Wildman–Crippen LogP) is 5.04. The lowest BCUT2D eigenvalue weighted by Crippen LogP contribution is -2.01. The van der Waals surface area contributed by atoms with Crippen molar-refractivity contribution in [3.8, 4) is 0 Å². The van der Waals surface area contributed by atoms with Gasteiger partial charge < -0.3 is 4.42 Å². The van der Waals surface area contributed by atoms with Gasteiger partial charge in [0.25, 0.3) is 0 Å². The van der Waals surface area contributed by atoms with Crippen LogP contribution in [0, 0.1) is 13.8 Å². The first-order chi connectivity index (χ1) is 9.54. The van der Waals surface area contributed by atoms with Gasteiger partial charge in [0.2, 0.25) is 5.78 Å². The van der Waals surface area contributed by atoms with E-state index in [1.165, 1.54) is 0 Å². The Morgan fingerprint density at radius 3 is 2.50 bits per heavy atom. The average Bonchev–Trinajstić information content (AvgIpc) is 2.83. The second kappa shape index (κ2) is 4.91. The van der Waals surface area contributed by atoms with E-state index < -0.39 is 0 Å². The summed E-state index contributed by atoms with van der Waals surface area (Å²) < 4.78 is 6.45. The summed E-state index contributed by atoms with van der Waals surface area (Å²) in [4.78, 5) is 12.6. The Bertz CT molecular complexity index is 815. The van der Waals surface area contributed by atoms with E-state index in [-0.39, 0.29) is 5.78 Å². The number of aryl methyl sites for hydroxylation is 2. The number of hydrogen-bond donors (Lipinski definition) is 0. The second-order valence-electron chi connectivity index (χ2n) is 4.96. The molecule has 0 amide bonds. The minimum absolute atomic E-state index is 0.102. The molecule has 1 aromatic heterocycles. The normalized spacial score (nSPS) is 10.9. The predicted molar refractivity (Wildman–Crippen MR) is 83.3 cm³/mol. The largest absolute Gasteiger partial charge is 0.453 e. The van der Waals surface area contributed by atoms with Crippen LogP contribution in [0.1, 0.15) is 27.2 Å². The Balaban J connectivity index is 2.10. The summed E-state index contributed by atoms with van der Waals surface area (Å²) in [7, 11) is 0. The van der Waals surface area contributed by atoms with Gasteiger partial charge in [0.1, 0.15) is 5.58 Å². The molecule has 0 saturated heterocycles. The van der Waals surface area contributed by atoms with Gasteiger partial charge in [-0.2, -0.15) is 0 Å². The van der Waals surface area contributed by atoms with Gasteiger partial charge in [-0.25, -0.2) is 0 Å². The van der Waals surface area contributed by atoms with E-state index >= 15 is 0 Å². The third kappa shape index (κ3) is 2.29. The van der Waals surface area contributed by atoms with Gasteiger partial charge >= 0.3 is 0 Å². The van der Waals surface area contributed by atoms with E-state index in [1.54, 1.807) is 6.07 Å². The van der Waals surface area contributed by atoms with Crippen molar-refractivity contribution in [1.82, 2.24) is 0 Å². The van der Waals surface area contributed by atoms with Gasteiger partial charge in [0, 0.05) is 15.4 Å². The Labute approximate surface area is 125 Å². The molecule has 100 valence electrons. The van der Waals surface area contributed by atoms with Crippen molar-refractivity contribution in [3.05, 3.63) is 69.4 Å². The molecule has 1 heterocycles. The average molecular weight is 329 g/mol. The lowest BCUT2D eigenvalue weighted by atomic mass is 10.1. The number of ketones is 1. The van der Waals surface area contributed by atoms with Gasteiger partial charge in [-0.05, 0) is 44.2 Å². The summed E-state index contributed by atoms with van der Waals surface area (Å²) in [6.07, 6.45) is 0. The Morgan fingerprint density at radius 2 is 1.70 bits per heavy atom. The van der Waals surface area contributed by atoms with Crippen molar-refractivity contribution in [2.24, 2.45) is 0 Å². The molecule has 0 fully saturated rings. The van der Waals surface area contributed by atoms with Crippen LogP contribution in [0.2, 0.25) is 0 Å². The number of hydrogen-bond acceptors (Lipinski definition) is 2. The number of carbonyl (C=O) groups excluding carboxylic acids is 1. The zero-order valence-electron chi connectivity index (χ0n) is 11.2. The highest BCUT2D eigenvalue weighted by Crippen LogP contribution is 2.26. The highest BCUT2D eigenvalue weighted by Gasteiger charge is 2.17. The highest BCUT2D eigenvalue weighted by atomic mass is 79.9. The summed E-state index contributed by atoms with van der Waals surface area (Å²) >= 11 is 3.42. The molecular weight excluding hydrogens is 316 g/mol. The fourth-order valence-electron chi connectivity index (χ4n) is 2.22. The maximum absolute atomic E-state index is 12.6. The molecule has 3 aromatic rings. The van der Waals surface area contributed by atoms with Gasteiger partial charge in [-0.15, -0.1) is 0 Å². The molecule has 0 spiro atoms. The van der Waals surface area contributed by atoms with E-state index in [2.05, 4.69) is 15.9 Å². The number of rotatable bonds is 2. The third-order valence-corrected chi connectivity index (χ3v) is 3.95. The van der Waals surface area contributed by atoms with Gasteiger partial charge in [0.05, 0.1) is 0 Å². The standard InChI is InChI=1S/C17H13BrO2/c1-10-4-6-15-12(7-10)9-16(20-15)17(19)13-8-11(2)3-5-14(13)18/h3-9H,1-2H3. The Morgan fingerprint density at radius 1 is 1.00 bits per heavy atom. The van der Waals surface area contributed by atoms with Crippen LogP contribution in [0.5, 0.6) is 0 Å². The van der Waals surface area contributed by atoms with E-state index in [0.29, 0.717) is 11.3 Å². The lowest BCUT2D eigenvalue weighted by molar-refractivity contribution is 0.101. The van der Waals surface area contributed by atoms with Crippen molar-refractivity contribution in [3.63, 3.8) is 0 Å². The van der Waals surface area contributed by atoms with Crippen LogP contribution in [0.4, 0.5) is 0 Å². The van der Waals surface area contributed by atoms with Crippen LogP contribution in [0.3, 0.4) is 0 Å². The first kappa shape index (κ1) is 13.1. The summed E-state index contributed by atoms with van der Waals surface area (Å²) in [6.45, 7) is 3.98. The molecule has 0 unspecified atom stereocenters. The van der Waals surface area contributed by atoms with Gasteiger partial charge in [0.15, 0.2) is 5.76 Å². The third-order valence-electron chi connectivity index (χ3n) is 3.26. The van der Waals surface area contributed by atoms with Gasteiger partial charge in [-0.3, -0.25) is 4.79 Å². The molecule has 2 nitrogen and oxygen atoms in total. The molecule has 0 aliphatic heterocycles. The van der Waals surface area contributed by atoms with E-state index in [9.17, 15) is 4.79 Å². The van der Waals surface area contributed by atoms with Crippen molar-refractivity contribution < 1.29 is 9.21 Å². The number of benzene rings is 2. The molecule has 3 rings (SSSR count). The monoisotopic (exact) mass is 328 g/mol. The Kier molecular flexibility index (Phi) is 3.22. The smallest absolute Gasteiger partial charge is 0.229 e. The molecule has 0 atom stereocenters. The minimum Gasteiger partial charge on any atom is -0.453 e. The molecule has 0 saturated carbocycles. The molecule has 3 heteroatoms. The summed E-state index contributed by atoms with van der Waals surface area (Å²) in [5.41, 5.74) is 3.56. The number of fused-ring (bicyclic) bond motifs is 1. The van der Waals surface area contributed by atoms with Crippen LogP contribution < -0.4 is 0 Å². The molecule has 0 bridgehead atoms. The SMILES string of the molecule is Cc1ccc(Br)c(C(=O)c2cc3cc(C)ccc3o2)c1. The maximum atomic E-state index is 12.6. The lowest BCUT2D eigenvalue weighted by Gasteiger charge is -2.02. The minimum atomic E-state index is -0.102. The zero-order valence-corrected chi connectivity index (χ0v) is 12.8. The van der Waals surface area contributed by atoms with Crippen LogP contribution in [0.25, 0.3) is 11.0 Å². The first-order valence-corrected chi connectivity index (χ1v) is 7.15. The van der Waals surface area contributed by atoms with Crippen molar-refractivity contribution in [2.45, 2.75) is 13.8 Å². The van der Waals surface area contributed by atoms with E-state index in [4.69, 9.17) is 4.42 Å². The molecule has 20 heavy (non-hydrogen) atoms. The maximum Gasteiger partial charge on any atom is 0.229 e. The molecule has 0 aliphatic carbocycles. The molecule has 0 radical (unpaired) electrons. The number of halogens is 1. The van der Waals surface area contributed by atoms with Crippen LogP contribution in [0.15, 0.2) is 51.4 Å². The van der Waals surface area contributed by atoms with Crippen molar-refractivity contribution in [2.75, 3.05) is 0 Å². The van der Waals surface area contributed by atoms with Crippen LogP contribution in [-0.4, -0.2) is 5.78 Å². The highest BCUT2D eigenvalue weighted by molar-refractivity contribution is 9.10. The molecule has 0 N–H and O–H groups in total.